The molecule has 1 saturated heterocycles. The minimum atomic E-state index is -0.165. The third-order valence-electron chi connectivity index (χ3n) is 3.16. The molecule has 0 spiro atoms. The maximum atomic E-state index is 12.0. The first-order valence-electron chi connectivity index (χ1n) is 5.98. The largest absolute Gasteiger partial charge is 0.396 e. The number of piperidine rings is 1. The van der Waals surface area contributed by atoms with Crippen molar-refractivity contribution in [1.82, 2.24) is 9.88 Å². The van der Waals surface area contributed by atoms with Gasteiger partial charge in [-0.05, 0) is 30.9 Å². The number of nitrogens with one attached hydrogen (secondary N) is 1. The number of carbonyl (C=O) groups is 1. The van der Waals surface area contributed by atoms with Crippen LogP contribution in [0.5, 0.6) is 0 Å². The van der Waals surface area contributed by atoms with E-state index in [1.54, 1.807) is 23.2 Å². The highest BCUT2D eigenvalue weighted by Crippen LogP contribution is 2.20. The molecule has 2 amide bonds. The molecule has 2 N–H and O–H groups in total. The van der Waals surface area contributed by atoms with Crippen molar-refractivity contribution < 1.29 is 9.90 Å². The van der Waals surface area contributed by atoms with Crippen LogP contribution in [-0.4, -0.2) is 40.7 Å². The molecule has 1 fully saturated rings. The van der Waals surface area contributed by atoms with Crippen LogP contribution in [0.25, 0.3) is 0 Å². The summed E-state index contributed by atoms with van der Waals surface area (Å²) in [6.07, 6.45) is 3.25. The van der Waals surface area contributed by atoms with E-state index in [4.69, 9.17) is 16.7 Å². The molecule has 2 rings (SSSR count). The molecule has 0 aromatic carbocycles. The highest BCUT2D eigenvalue weighted by molar-refractivity contribution is 6.32. The van der Waals surface area contributed by atoms with E-state index >= 15 is 0 Å². The molecule has 18 heavy (non-hydrogen) atoms. The minimum absolute atomic E-state index is 0.165. The van der Waals surface area contributed by atoms with Crippen LogP contribution in [0.15, 0.2) is 18.3 Å². The molecular weight excluding hydrogens is 254 g/mol. The Morgan fingerprint density at radius 3 is 2.89 bits per heavy atom. The predicted octanol–water partition coefficient (Wildman–Crippen LogP) is 1.97. The second-order valence-electron chi connectivity index (χ2n) is 4.38. The summed E-state index contributed by atoms with van der Waals surface area (Å²) in [5, 5.41) is 12.1. The van der Waals surface area contributed by atoms with Crippen LogP contribution in [-0.2, 0) is 0 Å². The van der Waals surface area contributed by atoms with Crippen LogP contribution >= 0.6 is 11.6 Å². The van der Waals surface area contributed by atoms with Gasteiger partial charge < -0.3 is 15.3 Å². The molecule has 5 nitrogen and oxygen atoms in total. The third kappa shape index (κ3) is 3.11. The number of hydrogen-bond acceptors (Lipinski definition) is 3. The van der Waals surface area contributed by atoms with Crippen molar-refractivity contribution in [2.45, 2.75) is 12.8 Å². The number of anilines is 1. The average Bonchev–Trinajstić information content (AvgIpc) is 2.41. The Morgan fingerprint density at radius 2 is 2.28 bits per heavy atom. The Balaban J connectivity index is 1.91. The second-order valence-corrected chi connectivity index (χ2v) is 4.74. The highest BCUT2D eigenvalue weighted by atomic mass is 35.5. The first-order chi connectivity index (χ1) is 8.70. The summed E-state index contributed by atoms with van der Waals surface area (Å²) in [4.78, 5) is 17.6. The number of urea groups is 1. The number of hydrogen-bond donors (Lipinski definition) is 2. The molecule has 2 heterocycles. The summed E-state index contributed by atoms with van der Waals surface area (Å²) in [5.74, 6) is 0.316. The number of carbonyl (C=O) groups excluding carboxylic acids is 1. The quantitative estimate of drug-likeness (QED) is 0.807. The lowest BCUT2D eigenvalue weighted by Gasteiger charge is -2.31. The summed E-state index contributed by atoms with van der Waals surface area (Å²) >= 11 is 5.88. The van der Waals surface area contributed by atoms with Gasteiger partial charge in [0.15, 0.2) is 5.15 Å². The Labute approximate surface area is 111 Å². The maximum absolute atomic E-state index is 12.0. The monoisotopic (exact) mass is 269 g/mol. The van der Waals surface area contributed by atoms with Gasteiger partial charge >= 0.3 is 6.03 Å². The van der Waals surface area contributed by atoms with Gasteiger partial charge in [-0.3, -0.25) is 0 Å². The lowest BCUT2D eigenvalue weighted by molar-refractivity contribution is 0.143. The van der Waals surface area contributed by atoms with Crippen LogP contribution < -0.4 is 5.32 Å². The molecule has 0 radical (unpaired) electrons. The molecule has 0 saturated carbocycles. The average molecular weight is 270 g/mol. The van der Waals surface area contributed by atoms with Gasteiger partial charge in [0.1, 0.15) is 0 Å². The number of nitrogens with zero attached hydrogens (tertiary/aromatic N) is 2. The van der Waals surface area contributed by atoms with Gasteiger partial charge in [0.25, 0.3) is 0 Å². The van der Waals surface area contributed by atoms with E-state index in [-0.39, 0.29) is 17.8 Å². The zero-order chi connectivity index (χ0) is 13.0. The van der Waals surface area contributed by atoms with E-state index in [0.717, 1.165) is 12.8 Å². The molecule has 1 aliphatic rings. The van der Waals surface area contributed by atoms with Crippen molar-refractivity contribution in [2.24, 2.45) is 5.92 Å². The van der Waals surface area contributed by atoms with Crippen molar-refractivity contribution >= 4 is 23.3 Å². The summed E-state index contributed by atoms with van der Waals surface area (Å²) < 4.78 is 0. The van der Waals surface area contributed by atoms with Crippen molar-refractivity contribution in [3.63, 3.8) is 0 Å². The Bertz CT molecular complexity index is 420. The first kappa shape index (κ1) is 13.1. The number of aliphatic hydroxyl groups is 1. The van der Waals surface area contributed by atoms with Crippen LogP contribution in [0.1, 0.15) is 12.8 Å². The van der Waals surface area contributed by atoms with E-state index in [1.165, 1.54) is 0 Å². The van der Waals surface area contributed by atoms with Crippen LogP contribution in [0.3, 0.4) is 0 Å². The zero-order valence-corrected chi connectivity index (χ0v) is 10.7. The first-order valence-corrected chi connectivity index (χ1v) is 6.36. The van der Waals surface area contributed by atoms with Crippen LogP contribution in [0.4, 0.5) is 10.5 Å². The molecule has 0 bridgehead atoms. The number of aromatic nitrogens is 1. The number of halogens is 1. The van der Waals surface area contributed by atoms with Crippen molar-refractivity contribution in [2.75, 3.05) is 25.0 Å². The lowest BCUT2D eigenvalue weighted by Crippen LogP contribution is -2.41. The predicted molar refractivity (Wildman–Crippen MR) is 69.6 cm³/mol. The summed E-state index contributed by atoms with van der Waals surface area (Å²) in [6.45, 7) is 1.52. The van der Waals surface area contributed by atoms with E-state index in [0.29, 0.717) is 24.7 Å². The van der Waals surface area contributed by atoms with Gasteiger partial charge in [-0.2, -0.15) is 0 Å². The fourth-order valence-corrected chi connectivity index (χ4v) is 2.16. The Morgan fingerprint density at radius 1 is 1.56 bits per heavy atom. The number of pyridine rings is 1. The molecule has 98 valence electrons. The number of aliphatic hydroxyl groups excluding tert-OH is 1. The SMILES string of the molecule is O=C(Nc1cccnc1Cl)N1CCC(CO)CC1. The molecular formula is C12H16ClN3O2. The van der Waals surface area contributed by atoms with Gasteiger partial charge in [-0.15, -0.1) is 0 Å². The van der Waals surface area contributed by atoms with Crippen LogP contribution in [0, 0.1) is 5.92 Å². The van der Waals surface area contributed by atoms with E-state index < -0.39 is 0 Å². The van der Waals surface area contributed by atoms with Crippen molar-refractivity contribution in [3.8, 4) is 0 Å². The van der Waals surface area contributed by atoms with Gasteiger partial charge in [-0.1, -0.05) is 11.6 Å². The third-order valence-corrected chi connectivity index (χ3v) is 3.46. The highest BCUT2D eigenvalue weighted by Gasteiger charge is 2.22. The summed E-state index contributed by atoms with van der Waals surface area (Å²) in [7, 11) is 0. The van der Waals surface area contributed by atoms with E-state index in [2.05, 4.69) is 10.3 Å². The Hall–Kier alpha value is -1.33. The van der Waals surface area contributed by atoms with Crippen molar-refractivity contribution in [3.05, 3.63) is 23.5 Å². The molecule has 1 aliphatic heterocycles. The fourth-order valence-electron chi connectivity index (χ4n) is 1.99. The number of rotatable bonds is 2. The van der Waals surface area contributed by atoms with Crippen molar-refractivity contribution in [1.29, 1.82) is 0 Å². The number of likely N-dealkylation sites (tertiary alicyclic amines) is 1. The van der Waals surface area contributed by atoms with Gasteiger partial charge in [0.2, 0.25) is 0 Å². The minimum Gasteiger partial charge on any atom is -0.396 e. The summed E-state index contributed by atoms with van der Waals surface area (Å²) in [5.41, 5.74) is 0.522. The molecule has 0 atom stereocenters. The molecule has 1 aromatic rings. The smallest absolute Gasteiger partial charge is 0.321 e. The maximum Gasteiger partial charge on any atom is 0.321 e. The van der Waals surface area contributed by atoms with E-state index in [1.807, 2.05) is 0 Å². The number of amides is 2. The Kier molecular flexibility index (Phi) is 4.38. The molecule has 0 unspecified atom stereocenters. The van der Waals surface area contributed by atoms with Gasteiger partial charge in [0, 0.05) is 25.9 Å². The van der Waals surface area contributed by atoms with Gasteiger partial charge in [-0.25, -0.2) is 9.78 Å². The van der Waals surface area contributed by atoms with Crippen LogP contribution in [0.2, 0.25) is 5.15 Å². The molecule has 0 aliphatic carbocycles. The molecule has 6 heteroatoms. The van der Waals surface area contributed by atoms with E-state index in [9.17, 15) is 4.79 Å². The lowest BCUT2D eigenvalue weighted by atomic mass is 9.98. The second kappa shape index (κ2) is 6.02. The summed E-state index contributed by atoms with van der Waals surface area (Å²) in [6, 6.07) is 3.27. The standard InChI is InChI=1S/C12H16ClN3O2/c13-11-10(2-1-5-14-11)15-12(18)16-6-3-9(8-17)4-7-16/h1-2,5,9,17H,3-4,6-8H2,(H,15,18). The normalized spacial score (nSPS) is 16.7. The topological polar surface area (TPSA) is 65.5 Å². The fraction of sp³-hybridized carbons (Fsp3) is 0.500. The zero-order valence-electron chi connectivity index (χ0n) is 9.97. The van der Waals surface area contributed by atoms with Gasteiger partial charge in [0.05, 0.1) is 5.69 Å². The molecule has 1 aromatic heterocycles.